The van der Waals surface area contributed by atoms with E-state index >= 15 is 0 Å². The molecule has 0 saturated carbocycles. The first-order valence-electron chi connectivity index (χ1n) is 9.54. The van der Waals surface area contributed by atoms with Crippen molar-refractivity contribution in [3.63, 3.8) is 0 Å². The van der Waals surface area contributed by atoms with Crippen molar-refractivity contribution in [3.05, 3.63) is 0 Å². The van der Waals surface area contributed by atoms with Crippen LogP contribution in [0.1, 0.15) is 39.0 Å². The molecule has 0 spiro atoms. The van der Waals surface area contributed by atoms with Crippen molar-refractivity contribution < 1.29 is 9.53 Å². The van der Waals surface area contributed by atoms with Crippen LogP contribution in [0.2, 0.25) is 0 Å². The van der Waals surface area contributed by atoms with Crippen molar-refractivity contribution >= 4 is 5.91 Å². The van der Waals surface area contributed by atoms with Gasteiger partial charge in [-0.05, 0) is 50.6 Å². The molecule has 1 amide bonds. The summed E-state index contributed by atoms with van der Waals surface area (Å²) in [5, 5.41) is 3.47. The van der Waals surface area contributed by atoms with Gasteiger partial charge in [0.25, 0.3) is 0 Å². The molecule has 3 fully saturated rings. The maximum atomic E-state index is 12.6. The van der Waals surface area contributed by atoms with E-state index in [0.717, 1.165) is 71.7 Å². The number of ether oxygens (including phenoxy) is 1. The summed E-state index contributed by atoms with van der Waals surface area (Å²) >= 11 is 0. The summed E-state index contributed by atoms with van der Waals surface area (Å²) in [6, 6.07) is 0.674. The third-order valence-corrected chi connectivity index (χ3v) is 6.01. The van der Waals surface area contributed by atoms with Gasteiger partial charge in [-0.25, -0.2) is 0 Å². The van der Waals surface area contributed by atoms with E-state index in [1.165, 1.54) is 12.8 Å². The summed E-state index contributed by atoms with van der Waals surface area (Å²) in [6.07, 6.45) is 5.56. The standard InChI is InChI=1S/C18H33N3O2/c1-15(16-3-2-6-19-14-16)13-18(22)21-9-7-20(8-10-21)17-4-11-23-12-5-17/h15-17,19H,2-14H2,1H3. The van der Waals surface area contributed by atoms with Crippen LogP contribution in [0.25, 0.3) is 0 Å². The second-order valence-corrected chi connectivity index (χ2v) is 7.55. The zero-order chi connectivity index (χ0) is 16.1. The molecule has 3 aliphatic heterocycles. The Bertz CT molecular complexity index is 370. The maximum Gasteiger partial charge on any atom is 0.222 e. The molecular formula is C18H33N3O2. The Hall–Kier alpha value is -0.650. The number of piperazine rings is 1. The van der Waals surface area contributed by atoms with Gasteiger partial charge in [-0.1, -0.05) is 6.92 Å². The normalized spacial score (nSPS) is 29.4. The number of hydrogen-bond acceptors (Lipinski definition) is 4. The first-order chi connectivity index (χ1) is 11.2. The lowest BCUT2D eigenvalue weighted by molar-refractivity contribution is -0.135. The molecule has 5 heteroatoms. The van der Waals surface area contributed by atoms with E-state index in [1.807, 2.05) is 0 Å². The molecule has 0 bridgehead atoms. The predicted octanol–water partition coefficient (Wildman–Crippen LogP) is 1.34. The van der Waals surface area contributed by atoms with Crippen molar-refractivity contribution in [1.29, 1.82) is 0 Å². The van der Waals surface area contributed by atoms with Gasteiger partial charge in [0.05, 0.1) is 0 Å². The van der Waals surface area contributed by atoms with Gasteiger partial charge in [0.1, 0.15) is 0 Å². The van der Waals surface area contributed by atoms with Crippen molar-refractivity contribution in [3.8, 4) is 0 Å². The SMILES string of the molecule is CC(CC(=O)N1CCN(C2CCOCC2)CC1)C1CCCNC1. The van der Waals surface area contributed by atoms with Crippen LogP contribution in [0.15, 0.2) is 0 Å². The van der Waals surface area contributed by atoms with Gasteiger partial charge < -0.3 is 15.0 Å². The molecule has 3 aliphatic rings. The summed E-state index contributed by atoms with van der Waals surface area (Å²) in [7, 11) is 0. The average molecular weight is 323 g/mol. The highest BCUT2D eigenvalue weighted by Crippen LogP contribution is 2.24. The predicted molar refractivity (Wildman–Crippen MR) is 91.4 cm³/mol. The average Bonchev–Trinajstić information content (AvgIpc) is 2.63. The second-order valence-electron chi connectivity index (χ2n) is 7.55. The molecule has 0 aromatic rings. The Balaban J connectivity index is 1.40. The van der Waals surface area contributed by atoms with E-state index in [-0.39, 0.29) is 0 Å². The quantitative estimate of drug-likeness (QED) is 0.848. The summed E-state index contributed by atoms with van der Waals surface area (Å²) in [6.45, 7) is 10.2. The van der Waals surface area contributed by atoms with Crippen LogP contribution in [0.3, 0.4) is 0 Å². The summed E-state index contributed by atoms with van der Waals surface area (Å²) in [4.78, 5) is 17.3. The molecule has 3 heterocycles. The topological polar surface area (TPSA) is 44.8 Å². The maximum absolute atomic E-state index is 12.6. The van der Waals surface area contributed by atoms with E-state index in [0.29, 0.717) is 23.8 Å². The molecule has 0 aromatic carbocycles. The van der Waals surface area contributed by atoms with E-state index < -0.39 is 0 Å². The van der Waals surface area contributed by atoms with Crippen LogP contribution in [0.4, 0.5) is 0 Å². The van der Waals surface area contributed by atoms with Crippen LogP contribution in [-0.2, 0) is 9.53 Å². The van der Waals surface area contributed by atoms with Gasteiger partial charge in [-0.15, -0.1) is 0 Å². The van der Waals surface area contributed by atoms with Gasteiger partial charge >= 0.3 is 0 Å². The Morgan fingerprint density at radius 1 is 1.17 bits per heavy atom. The van der Waals surface area contributed by atoms with E-state index in [9.17, 15) is 4.79 Å². The minimum atomic E-state index is 0.370. The van der Waals surface area contributed by atoms with Crippen LogP contribution in [-0.4, -0.2) is 74.2 Å². The van der Waals surface area contributed by atoms with Crippen molar-refractivity contribution in [1.82, 2.24) is 15.1 Å². The number of hydrogen-bond donors (Lipinski definition) is 1. The fraction of sp³-hybridized carbons (Fsp3) is 0.944. The Morgan fingerprint density at radius 2 is 1.91 bits per heavy atom. The monoisotopic (exact) mass is 323 g/mol. The molecule has 0 aliphatic carbocycles. The molecule has 23 heavy (non-hydrogen) atoms. The number of rotatable bonds is 4. The first kappa shape index (κ1) is 17.2. The lowest BCUT2D eigenvalue weighted by Gasteiger charge is -2.41. The van der Waals surface area contributed by atoms with Crippen molar-refractivity contribution in [2.45, 2.75) is 45.1 Å². The molecule has 2 unspecified atom stereocenters. The van der Waals surface area contributed by atoms with Crippen LogP contribution in [0.5, 0.6) is 0 Å². The van der Waals surface area contributed by atoms with Gasteiger partial charge in [-0.3, -0.25) is 9.69 Å². The van der Waals surface area contributed by atoms with Crippen molar-refractivity contribution in [2.75, 3.05) is 52.5 Å². The Morgan fingerprint density at radius 3 is 2.57 bits per heavy atom. The Labute approximate surface area is 140 Å². The van der Waals surface area contributed by atoms with Gasteiger partial charge in [-0.2, -0.15) is 0 Å². The molecule has 0 aromatic heterocycles. The lowest BCUT2D eigenvalue weighted by Crippen LogP contribution is -2.53. The number of piperidine rings is 1. The number of carbonyl (C=O) groups excluding carboxylic acids is 1. The van der Waals surface area contributed by atoms with Crippen molar-refractivity contribution in [2.24, 2.45) is 11.8 Å². The molecule has 5 nitrogen and oxygen atoms in total. The van der Waals surface area contributed by atoms with E-state index in [4.69, 9.17) is 4.74 Å². The van der Waals surface area contributed by atoms with Crippen LogP contribution in [0, 0.1) is 11.8 Å². The number of amides is 1. The highest BCUT2D eigenvalue weighted by Gasteiger charge is 2.29. The third-order valence-electron chi connectivity index (χ3n) is 6.01. The van der Waals surface area contributed by atoms with Crippen LogP contribution >= 0.6 is 0 Å². The second kappa shape index (κ2) is 8.45. The lowest BCUT2D eigenvalue weighted by atomic mass is 9.85. The fourth-order valence-electron chi connectivity index (χ4n) is 4.32. The minimum Gasteiger partial charge on any atom is -0.381 e. The van der Waals surface area contributed by atoms with Crippen LogP contribution < -0.4 is 5.32 Å². The fourth-order valence-corrected chi connectivity index (χ4v) is 4.32. The molecule has 0 radical (unpaired) electrons. The van der Waals surface area contributed by atoms with E-state index in [1.54, 1.807) is 0 Å². The molecule has 3 rings (SSSR count). The van der Waals surface area contributed by atoms with E-state index in [2.05, 4.69) is 22.0 Å². The molecule has 2 atom stereocenters. The highest BCUT2D eigenvalue weighted by molar-refractivity contribution is 5.76. The number of carbonyl (C=O) groups is 1. The summed E-state index contributed by atoms with van der Waals surface area (Å²) < 4.78 is 5.45. The van der Waals surface area contributed by atoms with Gasteiger partial charge in [0.15, 0.2) is 0 Å². The number of nitrogens with one attached hydrogen (secondary N) is 1. The zero-order valence-electron chi connectivity index (χ0n) is 14.6. The van der Waals surface area contributed by atoms with Gasteiger partial charge in [0.2, 0.25) is 5.91 Å². The summed E-state index contributed by atoms with van der Waals surface area (Å²) in [5.74, 6) is 1.55. The smallest absolute Gasteiger partial charge is 0.222 e. The first-order valence-corrected chi connectivity index (χ1v) is 9.54. The molecule has 3 saturated heterocycles. The molecule has 1 N–H and O–H groups in total. The third kappa shape index (κ3) is 4.68. The largest absolute Gasteiger partial charge is 0.381 e. The minimum absolute atomic E-state index is 0.370. The van der Waals surface area contributed by atoms with Gasteiger partial charge in [0, 0.05) is 51.9 Å². The number of nitrogens with zero attached hydrogens (tertiary/aromatic N) is 2. The summed E-state index contributed by atoms with van der Waals surface area (Å²) in [5.41, 5.74) is 0. The molecule has 132 valence electrons. The Kier molecular flexibility index (Phi) is 6.31. The zero-order valence-corrected chi connectivity index (χ0v) is 14.6. The highest BCUT2D eigenvalue weighted by atomic mass is 16.5. The molecular weight excluding hydrogens is 290 g/mol.